The van der Waals surface area contributed by atoms with Gasteiger partial charge in [-0.2, -0.15) is 0 Å². The van der Waals surface area contributed by atoms with E-state index in [1.54, 1.807) is 6.07 Å². The van der Waals surface area contributed by atoms with Crippen molar-refractivity contribution in [3.63, 3.8) is 0 Å². The highest BCUT2D eigenvalue weighted by Crippen LogP contribution is 2.22. The Kier molecular flexibility index (Phi) is 5.92. The summed E-state index contributed by atoms with van der Waals surface area (Å²) >= 11 is 0. The fourth-order valence-corrected chi connectivity index (χ4v) is 1.83. The third-order valence-corrected chi connectivity index (χ3v) is 3.18. The van der Waals surface area contributed by atoms with Gasteiger partial charge in [0.15, 0.2) is 0 Å². The molecular formula is C15H25N3O2. The lowest BCUT2D eigenvalue weighted by molar-refractivity contribution is -0.385. The van der Waals surface area contributed by atoms with Gasteiger partial charge in [-0.05, 0) is 24.3 Å². The van der Waals surface area contributed by atoms with Crippen LogP contribution in [-0.4, -0.2) is 23.0 Å². The van der Waals surface area contributed by atoms with E-state index in [4.69, 9.17) is 0 Å². The molecule has 112 valence electrons. The number of nitro groups is 1. The van der Waals surface area contributed by atoms with Crippen LogP contribution < -0.4 is 4.90 Å². The van der Waals surface area contributed by atoms with Crippen LogP contribution in [0.2, 0.25) is 0 Å². The maximum absolute atomic E-state index is 10.7. The fourth-order valence-electron chi connectivity index (χ4n) is 1.83. The molecule has 1 aromatic rings. The van der Waals surface area contributed by atoms with E-state index in [1.807, 2.05) is 0 Å². The van der Waals surface area contributed by atoms with E-state index in [2.05, 4.69) is 37.6 Å². The van der Waals surface area contributed by atoms with Crippen molar-refractivity contribution in [2.45, 2.75) is 47.0 Å². The molecule has 1 rings (SSSR count). The van der Waals surface area contributed by atoms with Gasteiger partial charge in [0.1, 0.15) is 12.0 Å². The minimum atomic E-state index is -0.414. The SMILES string of the molecule is CCCCN(CCC(C)(C)C)c1ccc([N+](=O)[O-])cn1. The van der Waals surface area contributed by atoms with Gasteiger partial charge in [0, 0.05) is 19.2 Å². The molecular weight excluding hydrogens is 254 g/mol. The molecule has 5 nitrogen and oxygen atoms in total. The summed E-state index contributed by atoms with van der Waals surface area (Å²) in [5.41, 5.74) is 0.311. The number of rotatable bonds is 7. The van der Waals surface area contributed by atoms with Crippen molar-refractivity contribution in [1.82, 2.24) is 4.98 Å². The number of pyridine rings is 1. The van der Waals surface area contributed by atoms with Crippen molar-refractivity contribution in [3.8, 4) is 0 Å². The van der Waals surface area contributed by atoms with Crippen LogP contribution in [-0.2, 0) is 0 Å². The lowest BCUT2D eigenvalue weighted by Gasteiger charge is -2.27. The van der Waals surface area contributed by atoms with E-state index in [9.17, 15) is 10.1 Å². The molecule has 5 heteroatoms. The highest BCUT2D eigenvalue weighted by molar-refractivity contribution is 5.42. The second-order valence-electron chi connectivity index (χ2n) is 6.28. The first-order chi connectivity index (χ1) is 9.33. The maximum atomic E-state index is 10.7. The van der Waals surface area contributed by atoms with Gasteiger partial charge in [0.25, 0.3) is 5.69 Å². The number of aromatic nitrogens is 1. The van der Waals surface area contributed by atoms with E-state index in [-0.39, 0.29) is 11.1 Å². The molecule has 0 spiro atoms. The van der Waals surface area contributed by atoms with Crippen LogP contribution >= 0.6 is 0 Å². The van der Waals surface area contributed by atoms with Crippen LogP contribution in [0.1, 0.15) is 47.0 Å². The Morgan fingerprint density at radius 2 is 2.00 bits per heavy atom. The number of unbranched alkanes of at least 4 members (excludes halogenated alkanes) is 1. The van der Waals surface area contributed by atoms with Crippen molar-refractivity contribution >= 4 is 11.5 Å². The molecule has 0 saturated heterocycles. The minimum absolute atomic E-state index is 0.0417. The van der Waals surface area contributed by atoms with Gasteiger partial charge in [0.05, 0.1) is 4.92 Å². The predicted octanol–water partition coefficient (Wildman–Crippen LogP) is 4.03. The molecule has 1 heterocycles. The molecule has 0 bridgehead atoms. The Bertz CT molecular complexity index is 424. The van der Waals surface area contributed by atoms with Crippen LogP contribution in [0.15, 0.2) is 18.3 Å². The number of hydrogen-bond acceptors (Lipinski definition) is 4. The Morgan fingerprint density at radius 3 is 2.45 bits per heavy atom. The molecule has 0 radical (unpaired) electrons. The van der Waals surface area contributed by atoms with Crippen LogP contribution in [0, 0.1) is 15.5 Å². The van der Waals surface area contributed by atoms with Crippen molar-refractivity contribution in [2.75, 3.05) is 18.0 Å². The van der Waals surface area contributed by atoms with Gasteiger partial charge >= 0.3 is 0 Å². The summed E-state index contributed by atoms with van der Waals surface area (Å²) in [4.78, 5) is 16.7. The molecule has 0 aromatic carbocycles. The van der Waals surface area contributed by atoms with Crippen LogP contribution in [0.3, 0.4) is 0 Å². The molecule has 20 heavy (non-hydrogen) atoms. The van der Waals surface area contributed by atoms with Gasteiger partial charge in [-0.3, -0.25) is 10.1 Å². The maximum Gasteiger partial charge on any atom is 0.287 e. The third kappa shape index (κ3) is 5.55. The summed E-state index contributed by atoms with van der Waals surface area (Å²) in [5.74, 6) is 0.827. The average Bonchev–Trinajstić information content (AvgIpc) is 2.38. The summed E-state index contributed by atoms with van der Waals surface area (Å²) in [6, 6.07) is 3.27. The van der Waals surface area contributed by atoms with E-state index >= 15 is 0 Å². The smallest absolute Gasteiger partial charge is 0.287 e. The first-order valence-electron chi connectivity index (χ1n) is 7.19. The Morgan fingerprint density at radius 1 is 1.30 bits per heavy atom. The molecule has 0 atom stereocenters. The standard InChI is InChI=1S/C15H25N3O2/c1-5-6-10-17(11-9-15(2,3)4)14-8-7-13(12-16-14)18(19)20/h7-8,12H,5-6,9-11H2,1-4H3. The lowest BCUT2D eigenvalue weighted by atomic mass is 9.92. The Hall–Kier alpha value is -1.65. The second-order valence-corrected chi connectivity index (χ2v) is 6.28. The molecule has 0 fully saturated rings. The van der Waals surface area contributed by atoms with Gasteiger partial charge in [-0.15, -0.1) is 0 Å². The molecule has 0 amide bonds. The first kappa shape index (κ1) is 16.4. The molecule has 0 aliphatic heterocycles. The zero-order chi connectivity index (χ0) is 15.2. The highest BCUT2D eigenvalue weighted by Gasteiger charge is 2.15. The Labute approximate surface area is 121 Å². The van der Waals surface area contributed by atoms with Crippen LogP contribution in [0.4, 0.5) is 11.5 Å². The summed E-state index contributed by atoms with van der Waals surface area (Å²) in [6.07, 6.45) is 4.63. The predicted molar refractivity (Wildman–Crippen MR) is 82.1 cm³/mol. The second kappa shape index (κ2) is 7.22. The number of nitrogens with zero attached hydrogens (tertiary/aromatic N) is 3. The monoisotopic (exact) mass is 279 g/mol. The summed E-state index contributed by atoms with van der Waals surface area (Å²) in [5, 5.41) is 10.7. The molecule has 0 aliphatic carbocycles. The van der Waals surface area contributed by atoms with Crippen molar-refractivity contribution in [2.24, 2.45) is 5.41 Å². The first-order valence-corrected chi connectivity index (χ1v) is 7.19. The summed E-state index contributed by atoms with van der Waals surface area (Å²) in [7, 11) is 0. The van der Waals surface area contributed by atoms with Crippen LogP contribution in [0.25, 0.3) is 0 Å². The minimum Gasteiger partial charge on any atom is -0.357 e. The van der Waals surface area contributed by atoms with Gasteiger partial charge in [-0.1, -0.05) is 34.1 Å². The van der Waals surface area contributed by atoms with Gasteiger partial charge in [0.2, 0.25) is 0 Å². The zero-order valence-corrected chi connectivity index (χ0v) is 12.9. The Balaban J connectivity index is 2.78. The zero-order valence-electron chi connectivity index (χ0n) is 12.9. The van der Waals surface area contributed by atoms with Crippen molar-refractivity contribution in [1.29, 1.82) is 0 Å². The van der Waals surface area contributed by atoms with E-state index in [0.29, 0.717) is 0 Å². The average molecular weight is 279 g/mol. The lowest BCUT2D eigenvalue weighted by Crippen LogP contribution is -2.29. The highest BCUT2D eigenvalue weighted by atomic mass is 16.6. The number of anilines is 1. The molecule has 0 aliphatic rings. The molecule has 1 aromatic heterocycles. The van der Waals surface area contributed by atoms with Crippen LogP contribution in [0.5, 0.6) is 0 Å². The van der Waals surface area contributed by atoms with Crippen molar-refractivity contribution < 1.29 is 4.92 Å². The largest absolute Gasteiger partial charge is 0.357 e. The third-order valence-electron chi connectivity index (χ3n) is 3.18. The van der Waals surface area contributed by atoms with E-state index in [0.717, 1.165) is 38.2 Å². The van der Waals surface area contributed by atoms with Gasteiger partial charge in [-0.25, -0.2) is 4.98 Å². The molecule has 0 saturated carbocycles. The molecule has 0 N–H and O–H groups in total. The van der Waals surface area contributed by atoms with E-state index in [1.165, 1.54) is 12.3 Å². The summed E-state index contributed by atoms with van der Waals surface area (Å²) < 4.78 is 0. The van der Waals surface area contributed by atoms with Crippen molar-refractivity contribution in [3.05, 3.63) is 28.4 Å². The quantitative estimate of drug-likeness (QED) is 0.558. The normalized spacial score (nSPS) is 11.4. The van der Waals surface area contributed by atoms with Gasteiger partial charge < -0.3 is 4.90 Å². The molecule has 0 unspecified atom stereocenters. The topological polar surface area (TPSA) is 59.3 Å². The number of hydrogen-bond donors (Lipinski definition) is 0. The fraction of sp³-hybridized carbons (Fsp3) is 0.667. The summed E-state index contributed by atoms with van der Waals surface area (Å²) in [6.45, 7) is 10.7. The van der Waals surface area contributed by atoms with E-state index < -0.39 is 4.92 Å².